The minimum atomic E-state index is -0.216. The van der Waals surface area contributed by atoms with Gasteiger partial charge in [-0.05, 0) is 63.4 Å². The summed E-state index contributed by atoms with van der Waals surface area (Å²) < 4.78 is 0. The third kappa shape index (κ3) is 5.18. The number of fused-ring (bicyclic) bond motifs is 1. The first kappa shape index (κ1) is 22.2. The summed E-state index contributed by atoms with van der Waals surface area (Å²) in [6.07, 6.45) is 5.12. The minimum absolute atomic E-state index is 0.0169. The zero-order valence-electron chi connectivity index (χ0n) is 17.8. The van der Waals surface area contributed by atoms with Crippen molar-refractivity contribution in [2.45, 2.75) is 66.4 Å². The van der Waals surface area contributed by atoms with E-state index in [4.69, 9.17) is 0 Å². The SMILES string of the molecule is O=C(NC1SCCC1C(=O)NC1CC(C2CCNCC2)NN1)C1NC2CNCCC2S1. The molecule has 0 aromatic carbocycles. The maximum atomic E-state index is 13.0. The van der Waals surface area contributed by atoms with E-state index in [0.29, 0.717) is 23.3 Å². The average Bonchev–Trinajstić information content (AvgIpc) is 3.53. The Bertz CT molecular complexity index is 651. The van der Waals surface area contributed by atoms with E-state index in [2.05, 4.69) is 37.4 Å². The highest BCUT2D eigenvalue weighted by atomic mass is 32.2. The molecule has 9 nitrogen and oxygen atoms in total. The number of hydrogen-bond acceptors (Lipinski definition) is 9. The van der Waals surface area contributed by atoms with E-state index in [1.807, 2.05) is 0 Å². The molecule has 7 unspecified atom stereocenters. The molecule has 0 radical (unpaired) electrons. The Morgan fingerprint density at radius 3 is 2.55 bits per heavy atom. The zero-order valence-corrected chi connectivity index (χ0v) is 19.5. The third-order valence-corrected chi connectivity index (χ3v) is 10.1. The number of hydrazine groups is 1. The van der Waals surface area contributed by atoms with Crippen molar-refractivity contribution in [2.75, 3.05) is 31.9 Å². The summed E-state index contributed by atoms with van der Waals surface area (Å²) in [5.74, 6) is 1.44. The lowest BCUT2D eigenvalue weighted by molar-refractivity contribution is -0.126. The Morgan fingerprint density at radius 2 is 1.71 bits per heavy atom. The quantitative estimate of drug-likeness (QED) is 0.269. The largest absolute Gasteiger partial charge is 0.341 e. The van der Waals surface area contributed by atoms with Gasteiger partial charge in [0.1, 0.15) is 5.37 Å². The molecule has 0 aliphatic carbocycles. The fourth-order valence-electron chi connectivity index (χ4n) is 5.44. The summed E-state index contributed by atoms with van der Waals surface area (Å²) in [7, 11) is 0. The van der Waals surface area contributed by atoms with Crippen molar-refractivity contribution in [3.63, 3.8) is 0 Å². The molecule has 174 valence electrons. The van der Waals surface area contributed by atoms with Crippen molar-refractivity contribution >= 4 is 35.3 Å². The van der Waals surface area contributed by atoms with Crippen molar-refractivity contribution in [1.29, 1.82) is 0 Å². The van der Waals surface area contributed by atoms with Gasteiger partial charge in [-0.2, -0.15) is 0 Å². The van der Waals surface area contributed by atoms with E-state index >= 15 is 0 Å². The van der Waals surface area contributed by atoms with Crippen LogP contribution in [0, 0.1) is 11.8 Å². The van der Waals surface area contributed by atoms with Crippen LogP contribution in [0.15, 0.2) is 0 Å². The van der Waals surface area contributed by atoms with Crippen LogP contribution in [0.3, 0.4) is 0 Å². The number of thioether (sulfide) groups is 2. The minimum Gasteiger partial charge on any atom is -0.341 e. The second-order valence-corrected chi connectivity index (χ2v) is 11.9. The number of piperidine rings is 2. The number of carbonyl (C=O) groups is 2. The van der Waals surface area contributed by atoms with Gasteiger partial charge in [0.05, 0.1) is 17.5 Å². The maximum Gasteiger partial charge on any atom is 0.248 e. The van der Waals surface area contributed by atoms with Gasteiger partial charge in [0, 0.05) is 23.9 Å². The number of hydrogen-bond donors (Lipinski definition) is 7. The molecule has 0 saturated carbocycles. The molecule has 5 aliphatic heterocycles. The van der Waals surface area contributed by atoms with Gasteiger partial charge in [-0.25, -0.2) is 5.43 Å². The van der Waals surface area contributed by atoms with Gasteiger partial charge in [-0.1, -0.05) is 0 Å². The monoisotopic (exact) mass is 469 g/mol. The third-order valence-electron chi connectivity index (χ3n) is 7.25. The van der Waals surface area contributed by atoms with E-state index in [1.165, 1.54) is 12.8 Å². The molecule has 5 rings (SSSR count). The zero-order chi connectivity index (χ0) is 21.2. The molecule has 5 heterocycles. The Kier molecular flexibility index (Phi) is 7.28. The Morgan fingerprint density at radius 1 is 0.871 bits per heavy atom. The van der Waals surface area contributed by atoms with E-state index in [1.54, 1.807) is 23.5 Å². The lowest BCUT2D eigenvalue weighted by Gasteiger charge is -2.27. The van der Waals surface area contributed by atoms with E-state index in [0.717, 1.165) is 51.2 Å². The lowest BCUT2D eigenvalue weighted by atomic mass is 9.89. The van der Waals surface area contributed by atoms with Crippen LogP contribution in [0.5, 0.6) is 0 Å². The normalized spacial score (nSPS) is 41.1. The first-order valence-corrected chi connectivity index (χ1v) is 13.7. The van der Waals surface area contributed by atoms with E-state index in [9.17, 15) is 9.59 Å². The molecule has 5 aliphatic rings. The van der Waals surface area contributed by atoms with Crippen molar-refractivity contribution in [1.82, 2.24) is 37.4 Å². The summed E-state index contributed by atoms with van der Waals surface area (Å²) in [6, 6.07) is 0.767. The van der Waals surface area contributed by atoms with Gasteiger partial charge in [-0.3, -0.25) is 20.3 Å². The molecular formula is C20H35N7O2S2. The average molecular weight is 470 g/mol. The molecule has 7 N–H and O–H groups in total. The number of nitrogens with one attached hydrogen (secondary N) is 7. The molecule has 5 saturated heterocycles. The first-order valence-electron chi connectivity index (χ1n) is 11.7. The molecule has 7 atom stereocenters. The van der Waals surface area contributed by atoms with Gasteiger partial charge in [0.2, 0.25) is 11.8 Å². The van der Waals surface area contributed by atoms with Crippen molar-refractivity contribution in [2.24, 2.45) is 11.8 Å². The maximum absolute atomic E-state index is 13.0. The van der Waals surface area contributed by atoms with Crippen LogP contribution in [0.25, 0.3) is 0 Å². The second kappa shape index (κ2) is 10.1. The predicted octanol–water partition coefficient (Wildman–Crippen LogP) is -1.12. The van der Waals surface area contributed by atoms with Crippen LogP contribution in [-0.2, 0) is 9.59 Å². The van der Waals surface area contributed by atoms with Crippen molar-refractivity contribution in [3.8, 4) is 0 Å². The number of carbonyl (C=O) groups excluding carboxylic acids is 2. The van der Waals surface area contributed by atoms with Gasteiger partial charge in [0.25, 0.3) is 0 Å². The molecule has 0 bridgehead atoms. The summed E-state index contributed by atoms with van der Waals surface area (Å²) in [4.78, 5) is 25.9. The van der Waals surface area contributed by atoms with Crippen LogP contribution in [0.2, 0.25) is 0 Å². The molecule has 0 aromatic heterocycles. The highest BCUT2D eigenvalue weighted by Gasteiger charge is 2.42. The standard InChI is InChI=1S/C20H35N7O2S2/c28-17(24-16-9-13(26-27-16)11-1-5-21-6-2-11)12-4-8-30-19(12)25-18(29)20-23-14-10-22-7-3-15(14)31-20/h11-16,19-23,26-27H,1-10H2,(H,24,28)(H,25,29). The van der Waals surface area contributed by atoms with Crippen molar-refractivity contribution in [3.05, 3.63) is 0 Å². The predicted molar refractivity (Wildman–Crippen MR) is 124 cm³/mol. The summed E-state index contributed by atoms with van der Waals surface area (Å²) in [6.45, 7) is 4.10. The van der Waals surface area contributed by atoms with E-state index in [-0.39, 0.29) is 34.6 Å². The Hall–Kier alpha value is -0.560. The Labute approximate surface area is 192 Å². The summed E-state index contributed by atoms with van der Waals surface area (Å²) >= 11 is 3.43. The van der Waals surface area contributed by atoms with Crippen LogP contribution in [0.4, 0.5) is 0 Å². The molecule has 31 heavy (non-hydrogen) atoms. The highest BCUT2D eigenvalue weighted by molar-refractivity contribution is 8.01. The molecule has 11 heteroatoms. The molecule has 0 aromatic rings. The second-order valence-electron chi connectivity index (χ2n) is 9.30. The fraction of sp³-hybridized carbons (Fsp3) is 0.900. The first-order chi connectivity index (χ1) is 15.2. The van der Waals surface area contributed by atoms with Crippen LogP contribution < -0.4 is 37.4 Å². The Balaban J connectivity index is 1.10. The summed E-state index contributed by atoms with van der Waals surface area (Å²) in [5.41, 5.74) is 6.67. The highest BCUT2D eigenvalue weighted by Crippen LogP contribution is 2.34. The van der Waals surface area contributed by atoms with Crippen molar-refractivity contribution < 1.29 is 9.59 Å². The molecule has 5 fully saturated rings. The van der Waals surface area contributed by atoms with E-state index < -0.39 is 0 Å². The number of amides is 2. The number of rotatable bonds is 5. The van der Waals surface area contributed by atoms with Gasteiger partial charge in [-0.15, -0.1) is 23.5 Å². The fourth-order valence-corrected chi connectivity index (χ4v) is 8.18. The van der Waals surface area contributed by atoms with Gasteiger partial charge in [0.15, 0.2) is 0 Å². The van der Waals surface area contributed by atoms with Gasteiger partial charge < -0.3 is 21.3 Å². The molecule has 2 amide bonds. The summed E-state index contributed by atoms with van der Waals surface area (Å²) in [5, 5.41) is 16.7. The molecular weight excluding hydrogens is 434 g/mol. The lowest BCUT2D eigenvalue weighted by Crippen LogP contribution is -2.52. The smallest absolute Gasteiger partial charge is 0.248 e. The van der Waals surface area contributed by atoms with Crippen LogP contribution in [0.1, 0.15) is 32.1 Å². The van der Waals surface area contributed by atoms with Crippen LogP contribution in [-0.4, -0.2) is 78.0 Å². The van der Waals surface area contributed by atoms with Crippen LogP contribution >= 0.6 is 23.5 Å². The van der Waals surface area contributed by atoms with Gasteiger partial charge >= 0.3 is 0 Å². The topological polar surface area (TPSA) is 118 Å². The molecule has 0 spiro atoms.